The lowest BCUT2D eigenvalue weighted by atomic mass is 9.88. The topological polar surface area (TPSA) is 125 Å². The van der Waals surface area contributed by atoms with Crippen LogP contribution in [0.2, 0.25) is 0 Å². The SMILES string of the molecule is CCOc1cc2c(cc1OC)C1CC(=Nc3c(C)cc(C)cc3C)N(CCC(=O)Nc3cn[nH]n3)C(=O)N1CC2. The van der Waals surface area contributed by atoms with Gasteiger partial charge in [0.2, 0.25) is 5.91 Å². The molecule has 0 bridgehead atoms. The fourth-order valence-corrected chi connectivity index (χ4v) is 5.62. The highest BCUT2D eigenvalue weighted by molar-refractivity contribution is 6.02. The van der Waals surface area contributed by atoms with E-state index >= 15 is 0 Å². The number of nitrogens with one attached hydrogen (secondary N) is 2. The van der Waals surface area contributed by atoms with Gasteiger partial charge in [-0.15, -0.1) is 5.10 Å². The molecule has 1 aromatic heterocycles. The molecule has 0 aliphatic carbocycles. The molecule has 5 rings (SSSR count). The first kappa shape index (κ1) is 27.2. The highest BCUT2D eigenvalue weighted by atomic mass is 16.5. The molecule has 11 nitrogen and oxygen atoms in total. The number of anilines is 1. The van der Waals surface area contributed by atoms with Crippen LogP contribution in [-0.2, 0) is 11.2 Å². The number of fused-ring (bicyclic) bond motifs is 3. The summed E-state index contributed by atoms with van der Waals surface area (Å²) in [5.41, 5.74) is 6.25. The number of hydrogen-bond acceptors (Lipinski definition) is 7. The smallest absolute Gasteiger partial charge is 0.325 e. The molecule has 1 saturated heterocycles. The van der Waals surface area contributed by atoms with Gasteiger partial charge in [0, 0.05) is 25.9 Å². The number of urea groups is 1. The number of benzene rings is 2. The summed E-state index contributed by atoms with van der Waals surface area (Å²) in [7, 11) is 1.62. The summed E-state index contributed by atoms with van der Waals surface area (Å²) in [6, 6.07) is 7.84. The second-order valence-corrected chi connectivity index (χ2v) is 10.2. The Bertz CT molecular complexity index is 1430. The minimum Gasteiger partial charge on any atom is -0.493 e. The molecule has 1 unspecified atom stereocenters. The zero-order valence-corrected chi connectivity index (χ0v) is 23.6. The van der Waals surface area contributed by atoms with Gasteiger partial charge in [0.25, 0.3) is 0 Å². The normalized spacial score (nSPS) is 17.5. The van der Waals surface area contributed by atoms with Crippen LogP contribution in [0.4, 0.5) is 16.3 Å². The van der Waals surface area contributed by atoms with Gasteiger partial charge in [0.1, 0.15) is 5.84 Å². The van der Waals surface area contributed by atoms with Crippen LogP contribution >= 0.6 is 0 Å². The Morgan fingerprint density at radius 3 is 2.62 bits per heavy atom. The Kier molecular flexibility index (Phi) is 7.72. The van der Waals surface area contributed by atoms with Crippen molar-refractivity contribution < 1.29 is 19.1 Å². The third-order valence-corrected chi connectivity index (χ3v) is 7.37. The molecule has 0 saturated carbocycles. The molecule has 3 heterocycles. The van der Waals surface area contributed by atoms with Crippen molar-refractivity contribution in [3.8, 4) is 11.5 Å². The maximum Gasteiger partial charge on any atom is 0.325 e. The maximum absolute atomic E-state index is 14.0. The molecule has 0 spiro atoms. The number of aromatic nitrogens is 3. The first-order valence-electron chi connectivity index (χ1n) is 13.5. The minimum atomic E-state index is -0.261. The van der Waals surface area contributed by atoms with Crippen LogP contribution in [0.1, 0.15) is 53.6 Å². The molecule has 11 heteroatoms. The van der Waals surface area contributed by atoms with Crippen molar-refractivity contribution >= 4 is 29.3 Å². The van der Waals surface area contributed by atoms with Crippen molar-refractivity contribution in [2.75, 3.05) is 32.1 Å². The molecular formula is C29H35N7O4. The predicted molar refractivity (Wildman–Crippen MR) is 151 cm³/mol. The van der Waals surface area contributed by atoms with E-state index in [1.807, 2.05) is 37.8 Å². The first-order valence-corrected chi connectivity index (χ1v) is 13.5. The molecular weight excluding hydrogens is 510 g/mol. The molecule has 2 N–H and O–H groups in total. The van der Waals surface area contributed by atoms with Crippen LogP contribution in [0.15, 0.2) is 35.5 Å². The predicted octanol–water partition coefficient (Wildman–Crippen LogP) is 4.62. The first-order chi connectivity index (χ1) is 19.3. The molecule has 1 fully saturated rings. The van der Waals surface area contributed by atoms with Crippen molar-refractivity contribution in [1.29, 1.82) is 0 Å². The van der Waals surface area contributed by atoms with Crippen molar-refractivity contribution in [2.45, 2.75) is 53.0 Å². The Hall–Kier alpha value is -4.41. The lowest BCUT2D eigenvalue weighted by Gasteiger charge is -2.45. The number of methoxy groups -OCH3 is 1. The zero-order valence-electron chi connectivity index (χ0n) is 23.6. The standard InChI is InChI=1S/C29H35N7O4/c1-6-40-24-13-20-7-9-35-22(21(20)14-23(24)39-5)15-26(32-28-18(3)11-17(2)12-19(28)4)36(29(35)38)10-8-27(37)31-25-16-30-34-33-25/h11-14,16,22H,6-10,15H2,1-5H3,(H2,30,31,33,34,37). The van der Waals surface area contributed by atoms with E-state index in [1.165, 1.54) is 6.20 Å². The highest BCUT2D eigenvalue weighted by Crippen LogP contribution is 2.42. The number of carbonyl (C=O) groups is 2. The lowest BCUT2D eigenvalue weighted by Crippen LogP contribution is -2.55. The van der Waals surface area contributed by atoms with Gasteiger partial charge >= 0.3 is 6.03 Å². The number of rotatable bonds is 8. The van der Waals surface area contributed by atoms with Crippen LogP contribution in [0, 0.1) is 20.8 Å². The molecule has 2 aliphatic heterocycles. The summed E-state index contributed by atoms with van der Waals surface area (Å²) in [6.45, 7) is 9.35. The molecule has 3 aromatic rings. The van der Waals surface area contributed by atoms with E-state index in [2.05, 4.69) is 39.8 Å². The summed E-state index contributed by atoms with van der Waals surface area (Å²) in [5, 5.41) is 12.8. The van der Waals surface area contributed by atoms with Gasteiger partial charge in [-0.2, -0.15) is 10.3 Å². The number of aryl methyl sites for hydroxylation is 3. The Morgan fingerprint density at radius 2 is 1.95 bits per heavy atom. The molecule has 2 aromatic carbocycles. The Balaban J connectivity index is 1.50. The van der Waals surface area contributed by atoms with E-state index in [1.54, 1.807) is 12.0 Å². The number of nitrogens with zero attached hydrogens (tertiary/aromatic N) is 5. The van der Waals surface area contributed by atoms with E-state index < -0.39 is 0 Å². The number of aromatic amines is 1. The van der Waals surface area contributed by atoms with Crippen LogP contribution in [0.3, 0.4) is 0 Å². The van der Waals surface area contributed by atoms with Crippen LogP contribution in [0.25, 0.3) is 0 Å². The fourth-order valence-electron chi connectivity index (χ4n) is 5.62. The molecule has 0 radical (unpaired) electrons. The van der Waals surface area contributed by atoms with Crippen LogP contribution in [-0.4, -0.2) is 69.8 Å². The van der Waals surface area contributed by atoms with Gasteiger partial charge in [0.15, 0.2) is 17.3 Å². The van der Waals surface area contributed by atoms with Gasteiger partial charge < -0.3 is 19.7 Å². The highest BCUT2D eigenvalue weighted by Gasteiger charge is 2.41. The second-order valence-electron chi connectivity index (χ2n) is 10.2. The van der Waals surface area contributed by atoms with Crippen LogP contribution in [0.5, 0.6) is 11.5 Å². The number of H-pyrrole nitrogens is 1. The van der Waals surface area contributed by atoms with E-state index in [0.717, 1.165) is 33.5 Å². The van der Waals surface area contributed by atoms with Gasteiger partial charge in [-0.25, -0.2) is 9.79 Å². The summed E-state index contributed by atoms with van der Waals surface area (Å²) in [6.07, 6.45) is 2.73. The van der Waals surface area contributed by atoms with Crippen molar-refractivity contribution in [1.82, 2.24) is 25.2 Å². The molecule has 1 atom stereocenters. The maximum atomic E-state index is 14.0. The largest absolute Gasteiger partial charge is 0.493 e. The number of hydrogen-bond donors (Lipinski definition) is 2. The molecule has 210 valence electrons. The number of ether oxygens (including phenoxy) is 2. The third-order valence-electron chi connectivity index (χ3n) is 7.37. The lowest BCUT2D eigenvalue weighted by molar-refractivity contribution is -0.116. The number of amides is 3. The van der Waals surface area contributed by atoms with E-state index in [4.69, 9.17) is 14.5 Å². The summed E-state index contributed by atoms with van der Waals surface area (Å²) in [4.78, 5) is 35.3. The zero-order chi connectivity index (χ0) is 28.4. The van der Waals surface area contributed by atoms with E-state index in [0.29, 0.717) is 49.1 Å². The summed E-state index contributed by atoms with van der Waals surface area (Å²) >= 11 is 0. The summed E-state index contributed by atoms with van der Waals surface area (Å²) < 4.78 is 11.4. The van der Waals surface area contributed by atoms with Gasteiger partial charge in [-0.1, -0.05) is 17.7 Å². The summed E-state index contributed by atoms with van der Waals surface area (Å²) in [5.74, 6) is 2.06. The number of amidine groups is 1. The molecule has 40 heavy (non-hydrogen) atoms. The second kappa shape index (κ2) is 11.4. The number of carbonyl (C=O) groups excluding carboxylic acids is 2. The minimum absolute atomic E-state index is 0.0874. The third kappa shape index (κ3) is 5.36. The van der Waals surface area contributed by atoms with Gasteiger partial charge in [-0.05, 0) is 68.5 Å². The van der Waals surface area contributed by atoms with Gasteiger partial charge in [-0.3, -0.25) is 9.69 Å². The molecule has 2 aliphatic rings. The fraction of sp³-hybridized carbons (Fsp3) is 0.414. The monoisotopic (exact) mass is 545 g/mol. The number of aliphatic imine (C=N–C) groups is 1. The van der Waals surface area contributed by atoms with E-state index in [-0.39, 0.29) is 30.9 Å². The van der Waals surface area contributed by atoms with Crippen molar-refractivity contribution in [3.05, 3.63) is 58.3 Å². The Morgan fingerprint density at radius 1 is 1.18 bits per heavy atom. The molecule has 3 amide bonds. The average Bonchev–Trinajstić information content (AvgIpc) is 3.43. The van der Waals surface area contributed by atoms with Crippen molar-refractivity contribution in [2.24, 2.45) is 4.99 Å². The van der Waals surface area contributed by atoms with Crippen LogP contribution < -0.4 is 14.8 Å². The van der Waals surface area contributed by atoms with E-state index in [9.17, 15) is 9.59 Å². The quantitative estimate of drug-likeness (QED) is 0.426. The Labute approximate surface area is 233 Å². The van der Waals surface area contributed by atoms with Gasteiger partial charge in [0.05, 0.1) is 31.6 Å². The average molecular weight is 546 g/mol. The van der Waals surface area contributed by atoms with Crippen molar-refractivity contribution in [3.63, 3.8) is 0 Å².